The summed E-state index contributed by atoms with van der Waals surface area (Å²) in [5.74, 6) is 0.842. The second kappa shape index (κ2) is 8.76. The predicted molar refractivity (Wildman–Crippen MR) is 91.9 cm³/mol. The lowest BCUT2D eigenvalue weighted by Crippen LogP contribution is -2.34. The molecule has 1 rings (SSSR count). The summed E-state index contributed by atoms with van der Waals surface area (Å²) < 4.78 is 6.97. The van der Waals surface area contributed by atoms with Crippen molar-refractivity contribution in [1.82, 2.24) is 5.32 Å². The van der Waals surface area contributed by atoms with Gasteiger partial charge in [-0.1, -0.05) is 36.7 Å². The monoisotopic (exact) mass is 357 g/mol. The van der Waals surface area contributed by atoms with E-state index < -0.39 is 5.60 Å². The minimum atomic E-state index is -0.746. The molecule has 0 spiro atoms. The van der Waals surface area contributed by atoms with E-state index in [0.717, 1.165) is 28.8 Å². The maximum atomic E-state index is 10.4. The molecule has 0 radical (unpaired) electrons. The van der Waals surface area contributed by atoms with Crippen LogP contribution < -0.4 is 10.1 Å². The van der Waals surface area contributed by atoms with Crippen LogP contribution in [0.5, 0.6) is 5.75 Å². The molecule has 1 atom stereocenters. The second-order valence-electron chi connectivity index (χ2n) is 5.58. The van der Waals surface area contributed by atoms with E-state index in [1.165, 1.54) is 0 Å². The van der Waals surface area contributed by atoms with Crippen molar-refractivity contribution in [1.29, 1.82) is 0 Å². The smallest absolute Gasteiger partial charge is 0.124 e. The molecule has 0 aromatic heterocycles. The first-order valence-electron chi connectivity index (χ1n) is 7.83. The second-order valence-corrected chi connectivity index (χ2v) is 6.49. The van der Waals surface area contributed by atoms with Gasteiger partial charge in [-0.05, 0) is 50.9 Å². The summed E-state index contributed by atoms with van der Waals surface area (Å²) >= 11 is 3.52. The lowest BCUT2D eigenvalue weighted by molar-refractivity contribution is -0.0117. The maximum absolute atomic E-state index is 10.4. The van der Waals surface area contributed by atoms with E-state index in [-0.39, 0.29) is 6.04 Å². The zero-order valence-electron chi connectivity index (χ0n) is 13.6. The molecule has 0 aliphatic rings. The molecular formula is C17H28BrNO2. The lowest BCUT2D eigenvalue weighted by Gasteiger charge is -2.26. The zero-order chi connectivity index (χ0) is 15.9. The highest BCUT2D eigenvalue weighted by Gasteiger charge is 2.24. The van der Waals surface area contributed by atoms with Crippen LogP contribution in [-0.4, -0.2) is 23.9 Å². The van der Waals surface area contributed by atoms with Crippen LogP contribution in [0.3, 0.4) is 0 Å². The fourth-order valence-electron chi connectivity index (χ4n) is 2.13. The Kier molecular flexibility index (Phi) is 7.71. The summed E-state index contributed by atoms with van der Waals surface area (Å²) in [4.78, 5) is 0. The Bertz CT molecular complexity index is 433. The number of ether oxygens (including phenoxy) is 1. The molecule has 0 fully saturated rings. The summed E-state index contributed by atoms with van der Waals surface area (Å²) in [6, 6.07) is 6.24. The van der Waals surface area contributed by atoms with Gasteiger partial charge in [0.15, 0.2) is 0 Å². The Hall–Kier alpha value is -0.580. The Morgan fingerprint density at radius 1 is 1.29 bits per heavy atom. The number of halogens is 1. The lowest BCUT2D eigenvalue weighted by atomic mass is 9.99. The number of hydrogen-bond donors (Lipinski definition) is 2. The third-order valence-electron chi connectivity index (χ3n) is 3.95. The van der Waals surface area contributed by atoms with E-state index in [1.54, 1.807) is 0 Å². The summed E-state index contributed by atoms with van der Waals surface area (Å²) in [6.07, 6.45) is 2.48. The van der Waals surface area contributed by atoms with E-state index in [0.29, 0.717) is 19.4 Å². The van der Waals surface area contributed by atoms with Gasteiger partial charge in [-0.3, -0.25) is 0 Å². The molecule has 21 heavy (non-hydrogen) atoms. The Morgan fingerprint density at radius 2 is 1.95 bits per heavy atom. The SMILES string of the molecule is CCCNC(C)c1cc(Br)ccc1OCC(O)(CC)CC. The van der Waals surface area contributed by atoms with Crippen molar-refractivity contribution in [2.75, 3.05) is 13.2 Å². The molecule has 120 valence electrons. The number of benzene rings is 1. The highest BCUT2D eigenvalue weighted by molar-refractivity contribution is 9.10. The van der Waals surface area contributed by atoms with Gasteiger partial charge >= 0.3 is 0 Å². The molecule has 1 aromatic carbocycles. The maximum Gasteiger partial charge on any atom is 0.124 e. The van der Waals surface area contributed by atoms with Gasteiger partial charge in [0.1, 0.15) is 12.4 Å². The fourth-order valence-corrected chi connectivity index (χ4v) is 2.50. The van der Waals surface area contributed by atoms with E-state index in [9.17, 15) is 5.11 Å². The highest BCUT2D eigenvalue weighted by Crippen LogP contribution is 2.30. The first-order chi connectivity index (χ1) is 9.95. The predicted octanol–water partition coefficient (Wildman–Crippen LogP) is 4.44. The standard InChI is InChI=1S/C17H28BrNO2/c1-5-10-19-13(4)15-11-14(18)8-9-16(15)21-12-17(20,6-2)7-3/h8-9,11,13,19-20H,5-7,10,12H2,1-4H3. The van der Waals surface area contributed by atoms with Crippen molar-refractivity contribution in [2.24, 2.45) is 0 Å². The van der Waals surface area contributed by atoms with Crippen LogP contribution >= 0.6 is 15.9 Å². The van der Waals surface area contributed by atoms with Crippen LogP contribution in [0.2, 0.25) is 0 Å². The van der Waals surface area contributed by atoms with E-state index in [4.69, 9.17) is 4.74 Å². The van der Waals surface area contributed by atoms with E-state index >= 15 is 0 Å². The summed E-state index contributed by atoms with van der Waals surface area (Å²) in [5.41, 5.74) is 0.372. The summed E-state index contributed by atoms with van der Waals surface area (Å²) in [6.45, 7) is 9.56. The largest absolute Gasteiger partial charge is 0.490 e. The molecule has 2 N–H and O–H groups in total. The van der Waals surface area contributed by atoms with Crippen LogP contribution in [0.1, 0.15) is 58.6 Å². The van der Waals surface area contributed by atoms with Crippen molar-refractivity contribution < 1.29 is 9.84 Å². The number of nitrogens with one attached hydrogen (secondary N) is 1. The van der Waals surface area contributed by atoms with Crippen molar-refractivity contribution in [3.05, 3.63) is 28.2 Å². The first-order valence-corrected chi connectivity index (χ1v) is 8.63. The van der Waals surface area contributed by atoms with E-state index in [2.05, 4.69) is 41.2 Å². The molecule has 4 heteroatoms. The van der Waals surface area contributed by atoms with Gasteiger partial charge in [0.05, 0.1) is 5.60 Å². The Balaban J connectivity index is 2.86. The van der Waals surface area contributed by atoms with Crippen LogP contribution in [0.25, 0.3) is 0 Å². The van der Waals surface area contributed by atoms with Gasteiger partial charge in [-0.25, -0.2) is 0 Å². The molecule has 0 amide bonds. The van der Waals surface area contributed by atoms with Crippen LogP contribution in [0.15, 0.2) is 22.7 Å². The van der Waals surface area contributed by atoms with Gasteiger partial charge in [0.25, 0.3) is 0 Å². The van der Waals surface area contributed by atoms with Crippen molar-refractivity contribution in [2.45, 2.75) is 58.6 Å². The number of hydrogen-bond acceptors (Lipinski definition) is 3. The summed E-state index contributed by atoms with van der Waals surface area (Å²) in [5, 5.41) is 13.8. The average molecular weight is 358 g/mol. The first kappa shape index (κ1) is 18.5. The molecule has 1 aromatic rings. The van der Waals surface area contributed by atoms with Gasteiger partial charge in [-0.15, -0.1) is 0 Å². The third kappa shape index (κ3) is 5.61. The number of rotatable bonds is 9. The topological polar surface area (TPSA) is 41.5 Å². The number of aliphatic hydroxyl groups is 1. The molecule has 0 aliphatic heterocycles. The van der Waals surface area contributed by atoms with Crippen LogP contribution in [-0.2, 0) is 0 Å². The van der Waals surface area contributed by atoms with Crippen molar-refractivity contribution in [3.8, 4) is 5.75 Å². The van der Waals surface area contributed by atoms with Gasteiger partial charge < -0.3 is 15.2 Å². The Labute approximate surface area is 137 Å². The molecule has 1 unspecified atom stereocenters. The van der Waals surface area contributed by atoms with Crippen LogP contribution in [0, 0.1) is 0 Å². The van der Waals surface area contributed by atoms with Gasteiger partial charge in [0, 0.05) is 16.1 Å². The zero-order valence-corrected chi connectivity index (χ0v) is 15.2. The fraction of sp³-hybridized carbons (Fsp3) is 0.647. The highest BCUT2D eigenvalue weighted by atomic mass is 79.9. The molecule has 0 saturated heterocycles. The van der Waals surface area contributed by atoms with Crippen LogP contribution in [0.4, 0.5) is 0 Å². The minimum absolute atomic E-state index is 0.216. The molecule has 0 bridgehead atoms. The average Bonchev–Trinajstić information content (AvgIpc) is 2.51. The minimum Gasteiger partial charge on any atom is -0.490 e. The molecule has 3 nitrogen and oxygen atoms in total. The van der Waals surface area contributed by atoms with Crippen molar-refractivity contribution >= 4 is 15.9 Å². The Morgan fingerprint density at radius 3 is 2.52 bits per heavy atom. The normalized spacial score (nSPS) is 13.2. The molecular weight excluding hydrogens is 330 g/mol. The molecule has 0 aliphatic carbocycles. The molecule has 0 saturated carbocycles. The van der Waals surface area contributed by atoms with E-state index in [1.807, 2.05) is 26.0 Å². The third-order valence-corrected chi connectivity index (χ3v) is 4.44. The summed E-state index contributed by atoms with van der Waals surface area (Å²) in [7, 11) is 0. The quantitative estimate of drug-likeness (QED) is 0.686. The van der Waals surface area contributed by atoms with Crippen molar-refractivity contribution in [3.63, 3.8) is 0 Å². The van der Waals surface area contributed by atoms with Gasteiger partial charge in [-0.2, -0.15) is 0 Å². The molecule has 0 heterocycles. The van der Waals surface area contributed by atoms with Gasteiger partial charge in [0.2, 0.25) is 0 Å².